The number of unbranched alkanes of at least 4 members (excludes halogenated alkanes) is 11. The van der Waals surface area contributed by atoms with Crippen LogP contribution in [0.25, 0.3) is 0 Å². The van der Waals surface area contributed by atoms with Gasteiger partial charge in [0.25, 0.3) is 0 Å². The lowest BCUT2D eigenvalue weighted by Gasteiger charge is -2.07. The van der Waals surface area contributed by atoms with Crippen molar-refractivity contribution in [1.82, 2.24) is 0 Å². The summed E-state index contributed by atoms with van der Waals surface area (Å²) < 4.78 is 5.23. The summed E-state index contributed by atoms with van der Waals surface area (Å²) in [4.78, 5) is 23.2. The van der Waals surface area contributed by atoms with Crippen molar-refractivity contribution in [3.05, 3.63) is 35.4 Å². The lowest BCUT2D eigenvalue weighted by molar-refractivity contribution is 0.0487. The smallest absolute Gasteiger partial charge is 0.339 e. The number of carboxylic acid groups (broad SMARTS) is 1. The molecule has 0 saturated carbocycles. The third-order valence-corrected chi connectivity index (χ3v) is 5.29. The highest BCUT2D eigenvalue weighted by atomic mass is 16.5. The number of hydrogen-bond donors (Lipinski definition) is 1. The van der Waals surface area contributed by atoms with Crippen molar-refractivity contribution in [1.29, 1.82) is 0 Å². The third-order valence-electron chi connectivity index (χ3n) is 5.29. The molecule has 4 heteroatoms. The van der Waals surface area contributed by atoms with Gasteiger partial charge < -0.3 is 9.84 Å². The predicted octanol–water partition coefficient (Wildman–Crippen LogP) is 7.27. The van der Waals surface area contributed by atoms with Crippen molar-refractivity contribution in [2.24, 2.45) is 5.92 Å². The highest BCUT2D eigenvalue weighted by Gasteiger charge is 2.16. The Bertz CT molecular complexity index is 580. The molecule has 0 fully saturated rings. The Kier molecular flexibility index (Phi) is 13.9. The molecule has 0 atom stereocenters. The molecular weight excluding hydrogens is 364 g/mol. The molecule has 1 rings (SSSR count). The van der Waals surface area contributed by atoms with Crippen molar-refractivity contribution in [3.63, 3.8) is 0 Å². The molecular formula is C25H40O4. The standard InChI is InChI=1S/C25H40O4/c1-21(2)17-13-11-9-7-5-3-4-6-8-10-12-16-20-29-25(28)23-19-15-14-18-22(23)24(26)27/h14-15,18-19,21H,3-13,16-17,20H2,1-2H3,(H,26,27). The zero-order chi connectivity index (χ0) is 21.3. The zero-order valence-corrected chi connectivity index (χ0v) is 18.5. The maximum Gasteiger partial charge on any atom is 0.339 e. The van der Waals surface area contributed by atoms with E-state index in [4.69, 9.17) is 9.84 Å². The van der Waals surface area contributed by atoms with E-state index in [2.05, 4.69) is 13.8 Å². The second-order valence-electron chi connectivity index (χ2n) is 8.41. The van der Waals surface area contributed by atoms with Gasteiger partial charge in [0, 0.05) is 0 Å². The number of benzene rings is 1. The van der Waals surface area contributed by atoms with Gasteiger partial charge in [0.15, 0.2) is 0 Å². The van der Waals surface area contributed by atoms with Crippen LogP contribution in [0.15, 0.2) is 24.3 Å². The minimum Gasteiger partial charge on any atom is -0.478 e. The summed E-state index contributed by atoms with van der Waals surface area (Å²) in [5.41, 5.74) is 0.118. The van der Waals surface area contributed by atoms with Crippen LogP contribution in [-0.4, -0.2) is 23.7 Å². The van der Waals surface area contributed by atoms with Gasteiger partial charge in [0.1, 0.15) is 0 Å². The van der Waals surface area contributed by atoms with Crippen molar-refractivity contribution in [2.75, 3.05) is 6.61 Å². The number of ether oxygens (including phenoxy) is 1. The van der Waals surface area contributed by atoms with Crippen LogP contribution in [0.4, 0.5) is 0 Å². The number of aromatic carboxylic acids is 1. The molecule has 1 aromatic carbocycles. The van der Waals surface area contributed by atoms with E-state index in [1.807, 2.05) is 0 Å². The zero-order valence-electron chi connectivity index (χ0n) is 18.5. The quantitative estimate of drug-likeness (QED) is 0.219. The first-order chi connectivity index (χ1) is 14.0. The fraction of sp³-hybridized carbons (Fsp3) is 0.680. The molecule has 0 aromatic heterocycles. The van der Waals surface area contributed by atoms with Gasteiger partial charge in [0.05, 0.1) is 17.7 Å². The highest BCUT2D eigenvalue weighted by Crippen LogP contribution is 2.14. The predicted molar refractivity (Wildman–Crippen MR) is 119 cm³/mol. The fourth-order valence-corrected chi connectivity index (χ4v) is 3.51. The first-order valence-corrected chi connectivity index (χ1v) is 11.5. The summed E-state index contributed by atoms with van der Waals surface area (Å²) in [5, 5.41) is 9.12. The monoisotopic (exact) mass is 404 g/mol. The number of carbonyl (C=O) groups excluding carboxylic acids is 1. The summed E-state index contributed by atoms with van der Waals surface area (Å²) in [6.07, 6.45) is 16.5. The molecule has 0 aliphatic heterocycles. The molecule has 0 bridgehead atoms. The number of rotatable bonds is 17. The molecule has 0 heterocycles. The summed E-state index contributed by atoms with van der Waals surface area (Å²) in [5.74, 6) is -0.813. The Morgan fingerprint density at radius 3 is 1.69 bits per heavy atom. The normalized spacial score (nSPS) is 11.0. The molecule has 0 aliphatic carbocycles. The Labute approximate surface area is 177 Å². The average molecular weight is 405 g/mol. The molecule has 0 spiro atoms. The van der Waals surface area contributed by atoms with Crippen LogP contribution in [0.2, 0.25) is 0 Å². The average Bonchev–Trinajstić information content (AvgIpc) is 2.70. The maximum absolute atomic E-state index is 12.0. The lowest BCUT2D eigenvalue weighted by Crippen LogP contribution is -2.12. The molecule has 1 aromatic rings. The van der Waals surface area contributed by atoms with Gasteiger partial charge in [0.2, 0.25) is 0 Å². The van der Waals surface area contributed by atoms with Crippen LogP contribution in [0.3, 0.4) is 0 Å². The van der Waals surface area contributed by atoms with E-state index in [0.717, 1.165) is 18.8 Å². The van der Waals surface area contributed by atoms with E-state index in [1.54, 1.807) is 12.1 Å². The van der Waals surface area contributed by atoms with Gasteiger partial charge in [-0.05, 0) is 24.5 Å². The lowest BCUT2D eigenvalue weighted by atomic mass is 10.0. The van der Waals surface area contributed by atoms with E-state index >= 15 is 0 Å². The van der Waals surface area contributed by atoms with Crippen LogP contribution in [0.5, 0.6) is 0 Å². The molecule has 29 heavy (non-hydrogen) atoms. The number of carboxylic acids is 1. The highest BCUT2D eigenvalue weighted by molar-refractivity contribution is 6.02. The van der Waals surface area contributed by atoms with Gasteiger partial charge in [-0.2, -0.15) is 0 Å². The number of carbonyl (C=O) groups is 2. The second-order valence-corrected chi connectivity index (χ2v) is 8.41. The van der Waals surface area contributed by atoms with E-state index < -0.39 is 11.9 Å². The minimum atomic E-state index is -1.11. The largest absolute Gasteiger partial charge is 0.478 e. The molecule has 0 aliphatic rings. The second kappa shape index (κ2) is 16.0. The molecule has 164 valence electrons. The maximum atomic E-state index is 12.0. The SMILES string of the molecule is CC(C)CCCCCCCCCCCCCCOC(=O)c1ccccc1C(=O)O. The molecule has 0 radical (unpaired) electrons. The van der Waals surface area contributed by atoms with Gasteiger partial charge in [-0.1, -0.05) is 103 Å². The first-order valence-electron chi connectivity index (χ1n) is 11.5. The van der Waals surface area contributed by atoms with Crippen molar-refractivity contribution >= 4 is 11.9 Å². The van der Waals surface area contributed by atoms with Crippen molar-refractivity contribution < 1.29 is 19.4 Å². The third kappa shape index (κ3) is 12.4. The molecule has 4 nitrogen and oxygen atoms in total. The molecule has 0 saturated heterocycles. The number of hydrogen-bond acceptors (Lipinski definition) is 3. The van der Waals surface area contributed by atoms with Crippen molar-refractivity contribution in [2.45, 2.75) is 97.3 Å². The molecule has 1 N–H and O–H groups in total. The van der Waals surface area contributed by atoms with E-state index in [-0.39, 0.29) is 11.1 Å². The van der Waals surface area contributed by atoms with Crippen LogP contribution < -0.4 is 0 Å². The van der Waals surface area contributed by atoms with Crippen molar-refractivity contribution in [3.8, 4) is 0 Å². The Hall–Kier alpha value is -1.84. The Balaban J connectivity index is 1.93. The molecule has 0 unspecified atom stereocenters. The topological polar surface area (TPSA) is 63.6 Å². The van der Waals surface area contributed by atoms with Crippen LogP contribution >= 0.6 is 0 Å². The van der Waals surface area contributed by atoms with E-state index in [9.17, 15) is 9.59 Å². The van der Waals surface area contributed by atoms with Crippen LogP contribution in [0, 0.1) is 5.92 Å². The van der Waals surface area contributed by atoms with Crippen LogP contribution in [0.1, 0.15) is 118 Å². The van der Waals surface area contributed by atoms with Gasteiger partial charge in [-0.3, -0.25) is 0 Å². The van der Waals surface area contributed by atoms with Crippen LogP contribution in [-0.2, 0) is 4.74 Å². The minimum absolute atomic E-state index is 0.00643. The van der Waals surface area contributed by atoms with Gasteiger partial charge in [-0.25, -0.2) is 9.59 Å². The number of esters is 1. The fourth-order valence-electron chi connectivity index (χ4n) is 3.51. The summed E-state index contributed by atoms with van der Waals surface area (Å²) in [6.45, 7) is 4.95. The summed E-state index contributed by atoms with van der Waals surface area (Å²) in [6, 6.07) is 6.17. The van der Waals surface area contributed by atoms with E-state index in [0.29, 0.717) is 6.61 Å². The van der Waals surface area contributed by atoms with Gasteiger partial charge >= 0.3 is 11.9 Å². The Morgan fingerprint density at radius 1 is 0.759 bits per heavy atom. The summed E-state index contributed by atoms with van der Waals surface area (Å²) in [7, 11) is 0. The first kappa shape index (κ1) is 25.2. The Morgan fingerprint density at radius 2 is 1.21 bits per heavy atom. The summed E-state index contributed by atoms with van der Waals surface area (Å²) >= 11 is 0. The van der Waals surface area contributed by atoms with Gasteiger partial charge in [-0.15, -0.1) is 0 Å². The molecule has 0 amide bonds. The van der Waals surface area contributed by atoms with E-state index in [1.165, 1.54) is 82.8 Å².